The molecule has 26 heavy (non-hydrogen) atoms. The van der Waals surface area contributed by atoms with Crippen molar-refractivity contribution < 1.29 is 14.3 Å². The third-order valence-electron chi connectivity index (χ3n) is 5.20. The number of nitrogens with zero attached hydrogens (tertiary/aromatic N) is 2. The summed E-state index contributed by atoms with van der Waals surface area (Å²) in [7, 11) is 0. The molecule has 0 radical (unpaired) electrons. The van der Waals surface area contributed by atoms with Gasteiger partial charge in [0.1, 0.15) is 22.1 Å². The first-order valence-electron chi connectivity index (χ1n) is 9.20. The van der Waals surface area contributed by atoms with Gasteiger partial charge in [0.05, 0.1) is 0 Å². The lowest BCUT2D eigenvalue weighted by Gasteiger charge is -2.29. The van der Waals surface area contributed by atoms with Crippen LogP contribution in [0.2, 0.25) is 0 Å². The maximum absolute atomic E-state index is 13.0. The van der Waals surface area contributed by atoms with E-state index >= 15 is 0 Å². The maximum atomic E-state index is 13.0. The summed E-state index contributed by atoms with van der Waals surface area (Å²) < 4.78 is 6.19. The van der Waals surface area contributed by atoms with Crippen molar-refractivity contribution in [2.45, 2.75) is 57.6 Å². The predicted octanol–water partition coefficient (Wildman–Crippen LogP) is 3.92. The molecule has 3 atom stereocenters. The number of hydrogen-bond acceptors (Lipinski definition) is 4. The Balaban J connectivity index is 1.52. The summed E-state index contributed by atoms with van der Waals surface area (Å²) >= 11 is 3.38. The molecule has 0 bridgehead atoms. The van der Waals surface area contributed by atoms with Crippen LogP contribution in [0, 0.1) is 11.8 Å². The first-order chi connectivity index (χ1) is 12.2. The molecule has 3 fully saturated rings. The highest BCUT2D eigenvalue weighted by atomic mass is 79.9. The van der Waals surface area contributed by atoms with Crippen LogP contribution in [-0.4, -0.2) is 40.1 Å². The van der Waals surface area contributed by atoms with E-state index in [1.807, 2.05) is 32.9 Å². The van der Waals surface area contributed by atoms with E-state index in [0.29, 0.717) is 28.8 Å². The second-order valence-electron chi connectivity index (χ2n) is 8.57. The number of nitrogens with one attached hydrogen (secondary N) is 1. The molecule has 2 saturated carbocycles. The quantitative estimate of drug-likeness (QED) is 0.750. The number of carbonyl (C=O) groups excluding carboxylic acids is 2. The molecular formula is C19H24BrN3O3. The van der Waals surface area contributed by atoms with Crippen LogP contribution >= 0.6 is 15.9 Å². The van der Waals surface area contributed by atoms with E-state index in [4.69, 9.17) is 4.74 Å². The van der Waals surface area contributed by atoms with Crippen molar-refractivity contribution in [1.82, 2.24) is 9.88 Å². The molecule has 2 heterocycles. The van der Waals surface area contributed by atoms with Gasteiger partial charge in [-0.1, -0.05) is 6.07 Å². The fourth-order valence-electron chi connectivity index (χ4n) is 3.77. The van der Waals surface area contributed by atoms with Gasteiger partial charge in [0.2, 0.25) is 5.91 Å². The lowest BCUT2D eigenvalue weighted by molar-refractivity contribution is -0.121. The van der Waals surface area contributed by atoms with Gasteiger partial charge < -0.3 is 10.1 Å². The monoisotopic (exact) mass is 421 g/mol. The fraction of sp³-hybridized carbons (Fsp3) is 0.632. The number of aromatic nitrogens is 1. The minimum Gasteiger partial charge on any atom is -0.444 e. The molecule has 140 valence electrons. The molecule has 0 spiro atoms. The summed E-state index contributed by atoms with van der Waals surface area (Å²) in [4.78, 5) is 31.6. The van der Waals surface area contributed by atoms with Crippen molar-refractivity contribution in [3.8, 4) is 0 Å². The molecule has 1 N–H and O–H groups in total. The number of halogens is 1. The minimum atomic E-state index is -0.574. The van der Waals surface area contributed by atoms with E-state index in [-0.39, 0.29) is 11.8 Å². The van der Waals surface area contributed by atoms with Crippen LogP contribution in [0.15, 0.2) is 16.7 Å². The topological polar surface area (TPSA) is 71.5 Å². The number of anilines is 1. The van der Waals surface area contributed by atoms with Crippen LogP contribution in [-0.2, 0) is 9.53 Å². The average molecular weight is 422 g/mol. The number of pyridine rings is 1. The summed E-state index contributed by atoms with van der Waals surface area (Å²) in [5.41, 5.74) is 0.506. The van der Waals surface area contributed by atoms with E-state index in [0.717, 1.165) is 24.8 Å². The molecule has 2 aliphatic carbocycles. The zero-order chi connectivity index (χ0) is 18.6. The molecule has 3 aliphatic rings. The normalized spacial score (nSPS) is 27.1. The molecular weight excluding hydrogens is 398 g/mol. The highest BCUT2D eigenvalue weighted by molar-refractivity contribution is 9.10. The van der Waals surface area contributed by atoms with Gasteiger partial charge in [0, 0.05) is 6.54 Å². The van der Waals surface area contributed by atoms with E-state index in [1.165, 1.54) is 0 Å². The molecule has 1 aromatic heterocycles. The van der Waals surface area contributed by atoms with Crippen LogP contribution in [0.3, 0.4) is 0 Å². The Morgan fingerprint density at radius 1 is 1.31 bits per heavy atom. The first-order valence-corrected chi connectivity index (χ1v) is 9.99. The van der Waals surface area contributed by atoms with Crippen molar-refractivity contribution in [3.05, 3.63) is 22.3 Å². The van der Waals surface area contributed by atoms with Crippen LogP contribution in [0.4, 0.5) is 10.6 Å². The van der Waals surface area contributed by atoms with Crippen molar-refractivity contribution in [2.24, 2.45) is 11.8 Å². The molecule has 1 saturated heterocycles. The average Bonchev–Trinajstić information content (AvgIpc) is 3.44. The second kappa shape index (κ2) is 6.22. The summed E-state index contributed by atoms with van der Waals surface area (Å²) in [5, 5.41) is 2.99. The van der Waals surface area contributed by atoms with Gasteiger partial charge in [-0.15, -0.1) is 0 Å². The highest BCUT2D eigenvalue weighted by Gasteiger charge is 2.57. The number of ether oxygens (including phenoxy) is 1. The molecule has 4 rings (SSSR count). The lowest BCUT2D eigenvalue weighted by Crippen LogP contribution is -2.47. The zero-order valence-electron chi connectivity index (χ0n) is 15.3. The Labute approximate surface area is 161 Å². The van der Waals surface area contributed by atoms with E-state index in [9.17, 15) is 9.59 Å². The van der Waals surface area contributed by atoms with Gasteiger partial charge in [-0.05, 0) is 85.3 Å². The molecule has 1 aliphatic heterocycles. The fourth-order valence-corrected chi connectivity index (χ4v) is 4.08. The van der Waals surface area contributed by atoms with Gasteiger partial charge in [-0.2, -0.15) is 0 Å². The highest BCUT2D eigenvalue weighted by Crippen LogP contribution is 2.50. The van der Waals surface area contributed by atoms with E-state index < -0.39 is 17.7 Å². The Bertz CT molecular complexity index is 757. The molecule has 0 unspecified atom stereocenters. The molecule has 1 aromatic rings. The SMILES string of the molecule is CC(C)(C)OC(=O)N1C[C@H]2C[C@H]2[C@H]1C(=O)Nc1nc(Br)ccc1C1CC1. The van der Waals surface area contributed by atoms with Gasteiger partial charge in [-0.3, -0.25) is 9.69 Å². The van der Waals surface area contributed by atoms with Gasteiger partial charge in [0.15, 0.2) is 0 Å². The number of carbonyl (C=O) groups is 2. The van der Waals surface area contributed by atoms with Crippen LogP contribution in [0.1, 0.15) is 51.5 Å². The first kappa shape index (κ1) is 17.8. The van der Waals surface area contributed by atoms with Gasteiger partial charge >= 0.3 is 6.09 Å². The Morgan fingerprint density at radius 3 is 2.69 bits per heavy atom. The molecule has 6 nitrogen and oxygen atoms in total. The number of hydrogen-bond donors (Lipinski definition) is 1. The number of fused-ring (bicyclic) bond motifs is 1. The summed E-state index contributed by atoms with van der Waals surface area (Å²) in [5.74, 6) is 1.58. The zero-order valence-corrected chi connectivity index (χ0v) is 16.9. The third-order valence-corrected chi connectivity index (χ3v) is 5.64. The third kappa shape index (κ3) is 3.59. The van der Waals surface area contributed by atoms with E-state index in [1.54, 1.807) is 4.90 Å². The number of amides is 2. The van der Waals surface area contributed by atoms with Gasteiger partial charge in [0.25, 0.3) is 0 Å². The lowest BCUT2D eigenvalue weighted by atomic mass is 10.1. The van der Waals surface area contributed by atoms with Crippen molar-refractivity contribution >= 4 is 33.7 Å². The smallest absolute Gasteiger partial charge is 0.410 e. The summed E-state index contributed by atoms with van der Waals surface area (Å²) in [6.07, 6.45) is 2.85. The van der Waals surface area contributed by atoms with Crippen LogP contribution in [0.25, 0.3) is 0 Å². The Morgan fingerprint density at radius 2 is 2.04 bits per heavy atom. The Hall–Kier alpha value is -1.63. The number of piperidine rings is 1. The predicted molar refractivity (Wildman–Crippen MR) is 101 cm³/mol. The number of likely N-dealkylation sites (tertiary alicyclic amines) is 1. The van der Waals surface area contributed by atoms with Gasteiger partial charge in [-0.25, -0.2) is 9.78 Å². The van der Waals surface area contributed by atoms with Crippen LogP contribution in [0.5, 0.6) is 0 Å². The summed E-state index contributed by atoms with van der Waals surface area (Å²) in [6.45, 7) is 6.11. The standard InChI is InChI=1S/C19H24BrN3O3/c1-19(2,3)26-18(25)23-9-11-8-13(11)15(23)17(24)22-16-12(10-4-5-10)6-7-14(20)21-16/h6-7,10-11,13,15H,4-5,8-9H2,1-3H3,(H,21,22,24)/t11-,13-,15+/m1/s1. The number of rotatable bonds is 3. The molecule has 7 heteroatoms. The minimum absolute atomic E-state index is 0.159. The van der Waals surface area contributed by atoms with E-state index in [2.05, 4.69) is 26.2 Å². The molecule has 0 aromatic carbocycles. The largest absolute Gasteiger partial charge is 0.444 e. The Kier molecular flexibility index (Phi) is 4.25. The molecule has 2 amide bonds. The van der Waals surface area contributed by atoms with Crippen LogP contribution < -0.4 is 5.32 Å². The van der Waals surface area contributed by atoms with Crippen molar-refractivity contribution in [3.63, 3.8) is 0 Å². The van der Waals surface area contributed by atoms with Crippen molar-refractivity contribution in [1.29, 1.82) is 0 Å². The summed E-state index contributed by atoms with van der Waals surface area (Å²) in [6, 6.07) is 3.45. The van der Waals surface area contributed by atoms with Crippen molar-refractivity contribution in [2.75, 3.05) is 11.9 Å². The maximum Gasteiger partial charge on any atom is 0.410 e. The second-order valence-corrected chi connectivity index (χ2v) is 9.38.